The second-order valence-electron chi connectivity index (χ2n) is 3.06. The summed E-state index contributed by atoms with van der Waals surface area (Å²) in [4.78, 5) is 23.9. The molecule has 0 fully saturated rings. The van der Waals surface area contributed by atoms with Crippen LogP contribution in [0.4, 0.5) is 0 Å². The Kier molecular flexibility index (Phi) is 6.53. The summed E-state index contributed by atoms with van der Waals surface area (Å²) in [5, 5.41) is 2.51. The van der Waals surface area contributed by atoms with Crippen molar-refractivity contribution in [3.05, 3.63) is 0 Å². The Morgan fingerprint density at radius 3 is 2.50 bits per heavy atom. The summed E-state index contributed by atoms with van der Waals surface area (Å²) < 4.78 is 0. The Bertz CT molecular complexity index is 209. The van der Waals surface area contributed by atoms with Gasteiger partial charge in [0.1, 0.15) is 0 Å². The maximum atomic E-state index is 11.5. The lowest BCUT2D eigenvalue weighted by atomic mass is 10.3. The number of alkyl halides is 1. The third-order valence-electron chi connectivity index (χ3n) is 1.96. The molecule has 0 aliphatic rings. The van der Waals surface area contributed by atoms with Crippen LogP contribution in [0.5, 0.6) is 0 Å². The molecule has 5 heteroatoms. The second kappa shape index (κ2) is 6.81. The third kappa shape index (κ3) is 4.60. The predicted octanol–water partition coefficient (Wildman–Crippen LogP) is 0.754. The lowest BCUT2D eigenvalue weighted by molar-refractivity contribution is -0.129. The van der Waals surface area contributed by atoms with Crippen molar-refractivity contribution in [1.82, 2.24) is 10.2 Å². The first-order valence-electron chi connectivity index (χ1n) is 4.62. The molecule has 0 rings (SSSR count). The summed E-state index contributed by atoms with van der Waals surface area (Å²) >= 11 is 3.28. The van der Waals surface area contributed by atoms with Crippen LogP contribution >= 0.6 is 15.9 Å². The Hall–Kier alpha value is -0.580. The van der Waals surface area contributed by atoms with E-state index in [2.05, 4.69) is 21.2 Å². The number of halogens is 1. The molecule has 0 aromatic carbocycles. The lowest BCUT2D eigenvalue weighted by Gasteiger charge is -2.19. The van der Waals surface area contributed by atoms with E-state index in [-0.39, 0.29) is 16.6 Å². The molecular weight excluding hydrogens is 248 g/mol. The highest BCUT2D eigenvalue weighted by atomic mass is 79.9. The summed E-state index contributed by atoms with van der Waals surface area (Å²) in [5.74, 6) is -0.0244. The third-order valence-corrected chi connectivity index (χ3v) is 2.99. The lowest BCUT2D eigenvalue weighted by Crippen LogP contribution is -2.35. The number of nitrogens with zero attached hydrogens (tertiary/aromatic N) is 1. The van der Waals surface area contributed by atoms with Gasteiger partial charge >= 0.3 is 0 Å². The number of rotatable bonds is 5. The van der Waals surface area contributed by atoms with Crippen molar-refractivity contribution in [2.75, 3.05) is 20.6 Å². The molecule has 0 heterocycles. The topological polar surface area (TPSA) is 49.4 Å². The van der Waals surface area contributed by atoms with Gasteiger partial charge in [-0.15, -0.1) is 0 Å². The minimum absolute atomic E-state index is 0.0244. The molecule has 0 saturated heterocycles. The molecule has 0 aliphatic heterocycles. The molecule has 0 bridgehead atoms. The van der Waals surface area contributed by atoms with E-state index in [4.69, 9.17) is 0 Å². The second-order valence-corrected chi connectivity index (χ2v) is 4.16. The van der Waals surface area contributed by atoms with Gasteiger partial charge in [0.05, 0.1) is 4.83 Å². The SMILES string of the molecule is CCC(Br)C(=O)N(C)CCC(=O)NC. The Balaban J connectivity index is 3.90. The van der Waals surface area contributed by atoms with Gasteiger partial charge in [-0.25, -0.2) is 0 Å². The van der Waals surface area contributed by atoms with Crippen molar-refractivity contribution < 1.29 is 9.59 Å². The summed E-state index contributed by atoms with van der Waals surface area (Å²) in [6, 6.07) is 0. The van der Waals surface area contributed by atoms with Crippen molar-refractivity contribution >= 4 is 27.7 Å². The molecule has 14 heavy (non-hydrogen) atoms. The van der Waals surface area contributed by atoms with Crippen molar-refractivity contribution in [3.8, 4) is 0 Å². The molecule has 1 unspecified atom stereocenters. The zero-order valence-corrected chi connectivity index (χ0v) is 10.4. The zero-order valence-electron chi connectivity index (χ0n) is 8.84. The highest BCUT2D eigenvalue weighted by Crippen LogP contribution is 2.07. The summed E-state index contributed by atoms with van der Waals surface area (Å²) in [7, 11) is 3.29. The van der Waals surface area contributed by atoms with E-state index >= 15 is 0 Å². The first-order valence-corrected chi connectivity index (χ1v) is 5.54. The molecule has 0 spiro atoms. The summed E-state index contributed by atoms with van der Waals surface area (Å²) in [6.45, 7) is 2.39. The van der Waals surface area contributed by atoms with Crippen LogP contribution in [0.2, 0.25) is 0 Å². The quantitative estimate of drug-likeness (QED) is 0.746. The fraction of sp³-hybridized carbons (Fsp3) is 0.778. The van der Waals surface area contributed by atoms with Crippen LogP contribution < -0.4 is 5.32 Å². The molecular formula is C9H17BrN2O2. The zero-order chi connectivity index (χ0) is 11.1. The average Bonchev–Trinajstić information content (AvgIpc) is 2.22. The Morgan fingerprint density at radius 2 is 2.07 bits per heavy atom. The van der Waals surface area contributed by atoms with E-state index in [0.29, 0.717) is 13.0 Å². The van der Waals surface area contributed by atoms with Gasteiger partial charge in [0, 0.05) is 27.1 Å². The fourth-order valence-electron chi connectivity index (χ4n) is 0.918. The fourth-order valence-corrected chi connectivity index (χ4v) is 1.27. The normalized spacial score (nSPS) is 12.0. The number of nitrogens with one attached hydrogen (secondary N) is 1. The van der Waals surface area contributed by atoms with Crippen LogP contribution in [0.25, 0.3) is 0 Å². The molecule has 0 radical (unpaired) electrons. The van der Waals surface area contributed by atoms with Gasteiger partial charge in [0.15, 0.2) is 0 Å². The Morgan fingerprint density at radius 1 is 1.50 bits per heavy atom. The van der Waals surface area contributed by atoms with Gasteiger partial charge in [0.2, 0.25) is 11.8 Å². The van der Waals surface area contributed by atoms with E-state index in [1.807, 2.05) is 6.92 Å². The minimum atomic E-state index is -0.141. The van der Waals surface area contributed by atoms with Gasteiger partial charge in [-0.05, 0) is 6.42 Å². The number of hydrogen-bond donors (Lipinski definition) is 1. The smallest absolute Gasteiger partial charge is 0.236 e. The number of hydrogen-bond acceptors (Lipinski definition) is 2. The average molecular weight is 265 g/mol. The van der Waals surface area contributed by atoms with E-state index in [0.717, 1.165) is 6.42 Å². The van der Waals surface area contributed by atoms with E-state index in [1.54, 1.807) is 19.0 Å². The maximum Gasteiger partial charge on any atom is 0.236 e. The number of carbonyl (C=O) groups is 2. The molecule has 0 aromatic rings. The van der Waals surface area contributed by atoms with E-state index < -0.39 is 0 Å². The van der Waals surface area contributed by atoms with Gasteiger partial charge in [-0.1, -0.05) is 22.9 Å². The van der Waals surface area contributed by atoms with E-state index in [1.165, 1.54) is 0 Å². The predicted molar refractivity (Wildman–Crippen MR) is 59.3 cm³/mol. The first kappa shape index (κ1) is 13.4. The minimum Gasteiger partial charge on any atom is -0.359 e. The standard InChI is InChI=1S/C9H17BrN2O2/c1-4-7(10)9(14)12(3)6-5-8(13)11-2/h7H,4-6H2,1-3H3,(H,11,13). The van der Waals surface area contributed by atoms with Gasteiger partial charge < -0.3 is 10.2 Å². The van der Waals surface area contributed by atoms with Gasteiger partial charge in [-0.2, -0.15) is 0 Å². The maximum absolute atomic E-state index is 11.5. The monoisotopic (exact) mass is 264 g/mol. The highest BCUT2D eigenvalue weighted by molar-refractivity contribution is 9.10. The molecule has 0 aliphatic carbocycles. The van der Waals surface area contributed by atoms with Crippen LogP contribution in [0, 0.1) is 0 Å². The molecule has 0 aromatic heterocycles. The number of amides is 2. The highest BCUT2D eigenvalue weighted by Gasteiger charge is 2.17. The van der Waals surface area contributed by atoms with Gasteiger partial charge in [-0.3, -0.25) is 9.59 Å². The molecule has 2 amide bonds. The summed E-state index contributed by atoms with van der Waals surface area (Å²) in [6.07, 6.45) is 1.10. The largest absolute Gasteiger partial charge is 0.359 e. The first-order chi connectivity index (χ1) is 6.52. The number of carbonyl (C=O) groups excluding carboxylic acids is 2. The Labute approximate surface area is 93.2 Å². The van der Waals surface area contributed by atoms with Crippen LogP contribution in [-0.2, 0) is 9.59 Å². The van der Waals surface area contributed by atoms with Crippen LogP contribution in [-0.4, -0.2) is 42.2 Å². The summed E-state index contributed by atoms with van der Waals surface area (Å²) in [5.41, 5.74) is 0. The van der Waals surface area contributed by atoms with Crippen LogP contribution in [0.1, 0.15) is 19.8 Å². The van der Waals surface area contributed by atoms with Crippen molar-refractivity contribution in [2.45, 2.75) is 24.6 Å². The van der Waals surface area contributed by atoms with Crippen molar-refractivity contribution in [2.24, 2.45) is 0 Å². The van der Waals surface area contributed by atoms with Crippen LogP contribution in [0.15, 0.2) is 0 Å². The molecule has 0 saturated carbocycles. The van der Waals surface area contributed by atoms with Crippen LogP contribution in [0.3, 0.4) is 0 Å². The molecule has 4 nitrogen and oxygen atoms in total. The molecule has 1 atom stereocenters. The van der Waals surface area contributed by atoms with Crippen molar-refractivity contribution in [3.63, 3.8) is 0 Å². The van der Waals surface area contributed by atoms with Crippen molar-refractivity contribution in [1.29, 1.82) is 0 Å². The van der Waals surface area contributed by atoms with E-state index in [9.17, 15) is 9.59 Å². The van der Waals surface area contributed by atoms with Gasteiger partial charge in [0.25, 0.3) is 0 Å². The molecule has 82 valence electrons. The molecule has 1 N–H and O–H groups in total.